The minimum absolute atomic E-state index is 0.579. The highest BCUT2D eigenvalue weighted by Crippen LogP contribution is 2.29. The number of hydrogen-bond donors (Lipinski definition) is 2. The number of nitrogens with zero attached hydrogens (tertiary/aromatic N) is 2. The Bertz CT molecular complexity index is 881. The summed E-state index contributed by atoms with van der Waals surface area (Å²) in [4.78, 5) is 18.7. The van der Waals surface area contributed by atoms with E-state index in [1.165, 1.54) is 0 Å². The fraction of sp³-hybridized carbons (Fsp3) is 0.158. The van der Waals surface area contributed by atoms with Crippen LogP contribution in [0.2, 0.25) is 5.02 Å². The van der Waals surface area contributed by atoms with E-state index in [4.69, 9.17) is 11.6 Å². The van der Waals surface area contributed by atoms with Crippen LogP contribution in [0.5, 0.6) is 0 Å². The van der Waals surface area contributed by atoms with Gasteiger partial charge in [-0.15, -0.1) is 0 Å². The maximum atomic E-state index is 10.6. The van der Waals surface area contributed by atoms with E-state index in [1.54, 1.807) is 12.1 Å². The second-order valence-corrected chi connectivity index (χ2v) is 5.95. The van der Waals surface area contributed by atoms with Crippen molar-refractivity contribution in [3.63, 3.8) is 0 Å². The quantitative estimate of drug-likeness (QED) is 0.618. The average Bonchev–Trinajstić information content (AvgIpc) is 3.26. The number of aryl methyl sites for hydroxylation is 1. The van der Waals surface area contributed by atoms with Crippen molar-refractivity contribution in [1.29, 1.82) is 0 Å². The summed E-state index contributed by atoms with van der Waals surface area (Å²) in [5.74, 6) is 0.692. The molecule has 0 atom stereocenters. The Kier molecular flexibility index (Phi) is 5.36. The molecular weight excluding hydrogens is 336 g/mol. The molecule has 6 heteroatoms. The molecular formula is C19H19ClN4O. The smallest absolute Gasteiger partial charge is 0.211 e. The zero-order valence-electron chi connectivity index (χ0n) is 13.9. The van der Waals surface area contributed by atoms with Gasteiger partial charge in [-0.1, -0.05) is 24.6 Å². The minimum Gasteiger partial charge on any atom is -0.350 e. The van der Waals surface area contributed by atoms with Gasteiger partial charge in [-0.05, 0) is 42.8 Å². The molecule has 0 radical (unpaired) electrons. The van der Waals surface area contributed by atoms with E-state index in [0.717, 1.165) is 29.9 Å². The van der Waals surface area contributed by atoms with Crippen molar-refractivity contribution in [1.82, 2.24) is 14.5 Å². The van der Waals surface area contributed by atoms with E-state index in [0.29, 0.717) is 22.9 Å². The number of amides is 1. The monoisotopic (exact) mass is 354 g/mol. The van der Waals surface area contributed by atoms with Gasteiger partial charge in [0, 0.05) is 35.9 Å². The third-order valence-corrected chi connectivity index (χ3v) is 4.20. The maximum absolute atomic E-state index is 10.6. The van der Waals surface area contributed by atoms with E-state index in [-0.39, 0.29) is 0 Å². The topological polar surface area (TPSA) is 62.7 Å². The van der Waals surface area contributed by atoms with E-state index in [2.05, 4.69) is 32.9 Å². The molecule has 0 fully saturated rings. The first-order valence-electron chi connectivity index (χ1n) is 8.07. The lowest BCUT2D eigenvalue weighted by Crippen LogP contribution is -1.94. The van der Waals surface area contributed by atoms with Gasteiger partial charge in [0.15, 0.2) is 0 Å². The van der Waals surface area contributed by atoms with Gasteiger partial charge in [-0.25, -0.2) is 4.98 Å². The standard InChI is InChI=1S/C19H19ClN4O/c1-2-17-18(6-5-11-24-9-3-4-10-24)23-19(22-17)15-12-14(21-13-25)7-8-16(15)20/h3-10,12-13H,2,11H2,1H3,(H,21,25)(H,22,23)/b6-5-. The molecule has 0 aliphatic rings. The molecule has 1 aromatic carbocycles. The van der Waals surface area contributed by atoms with Crippen molar-refractivity contribution >= 4 is 29.8 Å². The summed E-state index contributed by atoms with van der Waals surface area (Å²) in [6.45, 7) is 2.87. The Morgan fingerprint density at radius 3 is 2.84 bits per heavy atom. The van der Waals surface area contributed by atoms with Crippen molar-refractivity contribution < 1.29 is 4.79 Å². The molecule has 0 spiro atoms. The van der Waals surface area contributed by atoms with Gasteiger partial charge in [0.25, 0.3) is 0 Å². The fourth-order valence-electron chi connectivity index (χ4n) is 2.60. The minimum atomic E-state index is 0.579. The zero-order chi connectivity index (χ0) is 17.6. The molecule has 3 rings (SSSR count). The summed E-state index contributed by atoms with van der Waals surface area (Å²) in [6, 6.07) is 9.31. The molecule has 0 saturated carbocycles. The lowest BCUT2D eigenvalue weighted by atomic mass is 10.2. The molecule has 0 aliphatic heterocycles. The zero-order valence-corrected chi connectivity index (χ0v) is 14.6. The normalized spacial score (nSPS) is 11.1. The number of H-pyrrole nitrogens is 1. The Hall–Kier alpha value is -2.79. The maximum Gasteiger partial charge on any atom is 0.211 e. The number of imidazole rings is 1. The average molecular weight is 355 g/mol. The summed E-state index contributed by atoms with van der Waals surface area (Å²) in [7, 11) is 0. The van der Waals surface area contributed by atoms with Crippen LogP contribution in [0, 0.1) is 0 Å². The first-order chi connectivity index (χ1) is 12.2. The molecule has 2 aromatic heterocycles. The van der Waals surface area contributed by atoms with Crippen LogP contribution in [0.3, 0.4) is 0 Å². The summed E-state index contributed by atoms with van der Waals surface area (Å²) in [6.07, 6.45) is 9.60. The largest absolute Gasteiger partial charge is 0.350 e. The highest BCUT2D eigenvalue weighted by atomic mass is 35.5. The van der Waals surface area contributed by atoms with Crippen molar-refractivity contribution in [2.45, 2.75) is 19.9 Å². The van der Waals surface area contributed by atoms with Crippen molar-refractivity contribution in [2.75, 3.05) is 5.32 Å². The molecule has 2 N–H and O–H groups in total. The molecule has 25 heavy (non-hydrogen) atoms. The van der Waals surface area contributed by atoms with E-state index in [1.807, 2.05) is 36.7 Å². The predicted octanol–water partition coefficient (Wildman–Crippen LogP) is 4.38. The van der Waals surface area contributed by atoms with Crippen LogP contribution >= 0.6 is 11.6 Å². The van der Waals surface area contributed by atoms with E-state index >= 15 is 0 Å². The number of hydrogen-bond acceptors (Lipinski definition) is 2. The molecule has 2 heterocycles. The molecule has 5 nitrogen and oxygen atoms in total. The van der Waals surface area contributed by atoms with Crippen molar-refractivity contribution in [3.8, 4) is 11.4 Å². The van der Waals surface area contributed by atoms with Gasteiger partial charge in [0.05, 0.1) is 10.7 Å². The summed E-state index contributed by atoms with van der Waals surface area (Å²) in [5.41, 5.74) is 3.37. The Balaban J connectivity index is 1.88. The van der Waals surface area contributed by atoms with Gasteiger partial charge in [-0.3, -0.25) is 4.79 Å². The first kappa shape index (κ1) is 17.0. The Morgan fingerprint density at radius 1 is 1.32 bits per heavy atom. The Morgan fingerprint density at radius 2 is 2.12 bits per heavy atom. The van der Waals surface area contributed by atoms with Gasteiger partial charge < -0.3 is 14.9 Å². The third kappa shape index (κ3) is 4.00. The second-order valence-electron chi connectivity index (χ2n) is 5.54. The van der Waals surface area contributed by atoms with E-state index < -0.39 is 0 Å². The number of carbonyl (C=O) groups is 1. The molecule has 128 valence electrons. The SMILES string of the molecule is CCc1[nH]c(-c2cc(NC=O)ccc2Cl)nc1/C=C\Cn1cccc1. The van der Waals surface area contributed by atoms with Crippen molar-refractivity contribution in [2.24, 2.45) is 0 Å². The van der Waals surface area contributed by atoms with Gasteiger partial charge in [0.1, 0.15) is 5.82 Å². The summed E-state index contributed by atoms with van der Waals surface area (Å²) >= 11 is 6.31. The number of aromatic nitrogens is 3. The van der Waals surface area contributed by atoms with E-state index in [9.17, 15) is 4.79 Å². The number of nitrogens with one attached hydrogen (secondary N) is 2. The highest BCUT2D eigenvalue weighted by molar-refractivity contribution is 6.33. The fourth-order valence-corrected chi connectivity index (χ4v) is 2.81. The van der Waals surface area contributed by atoms with Crippen LogP contribution in [0.25, 0.3) is 17.5 Å². The van der Waals surface area contributed by atoms with Gasteiger partial charge in [-0.2, -0.15) is 0 Å². The number of carbonyl (C=O) groups excluding carboxylic acids is 1. The molecule has 0 aliphatic carbocycles. The highest BCUT2D eigenvalue weighted by Gasteiger charge is 2.12. The Labute approximate surface area is 151 Å². The lowest BCUT2D eigenvalue weighted by Gasteiger charge is -2.04. The first-order valence-corrected chi connectivity index (χ1v) is 8.45. The summed E-state index contributed by atoms with van der Waals surface area (Å²) < 4.78 is 2.08. The molecule has 0 saturated heterocycles. The number of allylic oxidation sites excluding steroid dienone is 1. The molecule has 0 unspecified atom stereocenters. The number of halogens is 1. The van der Waals surface area contributed by atoms with Gasteiger partial charge in [0.2, 0.25) is 6.41 Å². The summed E-state index contributed by atoms with van der Waals surface area (Å²) in [5, 5.41) is 3.21. The van der Waals surface area contributed by atoms with Crippen molar-refractivity contribution in [3.05, 3.63) is 65.2 Å². The third-order valence-electron chi connectivity index (χ3n) is 3.87. The number of benzene rings is 1. The number of aromatic amines is 1. The lowest BCUT2D eigenvalue weighted by molar-refractivity contribution is -0.105. The molecule has 3 aromatic rings. The molecule has 1 amide bonds. The second kappa shape index (κ2) is 7.85. The van der Waals surface area contributed by atoms with Crippen LogP contribution in [0.15, 0.2) is 48.8 Å². The van der Waals surface area contributed by atoms with Crippen LogP contribution in [0.4, 0.5) is 5.69 Å². The van der Waals surface area contributed by atoms with Crippen LogP contribution in [-0.2, 0) is 17.8 Å². The predicted molar refractivity (Wildman–Crippen MR) is 102 cm³/mol. The van der Waals surface area contributed by atoms with Crippen LogP contribution in [-0.4, -0.2) is 20.9 Å². The van der Waals surface area contributed by atoms with Gasteiger partial charge >= 0.3 is 0 Å². The van der Waals surface area contributed by atoms with Crippen LogP contribution in [0.1, 0.15) is 18.3 Å². The molecule has 0 bridgehead atoms. The number of rotatable bonds is 7. The number of anilines is 1. The van der Waals surface area contributed by atoms with Crippen LogP contribution < -0.4 is 5.32 Å².